The maximum atomic E-state index is 13.9. The Morgan fingerprint density at radius 2 is 1.94 bits per heavy atom. The van der Waals surface area contributed by atoms with Crippen molar-refractivity contribution in [2.75, 3.05) is 50.4 Å². The Hall–Kier alpha value is -3.53. The number of nitrogens with one attached hydrogen (secondary N) is 2. The first-order chi connectivity index (χ1) is 16.5. The van der Waals surface area contributed by atoms with Crippen LogP contribution in [-0.4, -0.2) is 71.5 Å². The number of benzene rings is 2. The summed E-state index contributed by atoms with van der Waals surface area (Å²) in [6.07, 6.45) is 2.25. The van der Waals surface area contributed by atoms with E-state index < -0.39 is 6.23 Å². The van der Waals surface area contributed by atoms with Crippen LogP contribution >= 0.6 is 0 Å². The van der Waals surface area contributed by atoms with Crippen molar-refractivity contribution in [3.63, 3.8) is 0 Å². The highest BCUT2D eigenvalue weighted by atomic mass is 19.1. The van der Waals surface area contributed by atoms with Crippen LogP contribution in [0.2, 0.25) is 0 Å². The van der Waals surface area contributed by atoms with Crippen LogP contribution in [0.3, 0.4) is 0 Å². The lowest BCUT2D eigenvalue weighted by molar-refractivity contribution is -0.117. The highest BCUT2D eigenvalue weighted by Crippen LogP contribution is 2.40. The Bertz CT molecular complexity index is 1210. The zero-order chi connectivity index (χ0) is 23.7. The summed E-state index contributed by atoms with van der Waals surface area (Å²) in [5.41, 5.74) is 3.56. The fraction of sp³-hybridized carbons (Fsp3) is 0.280. The monoisotopic (exact) mass is 462 g/mol. The average molecular weight is 463 g/mol. The molecule has 3 aromatic rings. The topological polar surface area (TPSA) is 85.1 Å². The van der Waals surface area contributed by atoms with E-state index in [9.17, 15) is 14.3 Å². The molecule has 3 N–H and O–H groups in total. The van der Waals surface area contributed by atoms with E-state index in [4.69, 9.17) is 0 Å². The fourth-order valence-corrected chi connectivity index (χ4v) is 4.38. The highest BCUT2D eigenvalue weighted by molar-refractivity contribution is 5.93. The summed E-state index contributed by atoms with van der Waals surface area (Å²) in [6.45, 7) is 4.07. The molecule has 176 valence electrons. The van der Waals surface area contributed by atoms with Crippen LogP contribution in [0.1, 0.15) is 11.8 Å². The number of halogens is 1. The molecule has 0 bridgehead atoms. The molecule has 1 amide bonds. The molecule has 9 heteroatoms. The third-order valence-corrected chi connectivity index (χ3v) is 6.25. The van der Waals surface area contributed by atoms with Gasteiger partial charge in [-0.3, -0.25) is 9.69 Å². The summed E-state index contributed by atoms with van der Waals surface area (Å²) >= 11 is 0. The number of aliphatic imine (C=N–C) groups is 1. The molecule has 0 aliphatic carbocycles. The van der Waals surface area contributed by atoms with Gasteiger partial charge in [-0.1, -0.05) is 18.2 Å². The smallest absolute Gasteiger partial charge is 0.238 e. The number of aromatic nitrogens is 1. The molecule has 5 rings (SSSR count). The standard InChI is InChI=1S/C25H27FN6O2/c1-30-9-11-31(12-10-30)15-22(33)29-19-7-5-17(6-8-19)21-14-32(20-4-2-3-18(26)13-20)24-23(21)25(34)28-16-27-24/h2-8,13-14,16,25,34H,9-12,15H2,1H3,(H,27,28)(H,29,33). The molecule has 1 aromatic heterocycles. The van der Waals surface area contributed by atoms with Gasteiger partial charge in [0.25, 0.3) is 0 Å². The van der Waals surface area contributed by atoms with Crippen molar-refractivity contribution in [3.05, 3.63) is 66.1 Å². The highest BCUT2D eigenvalue weighted by Gasteiger charge is 2.25. The number of carbonyl (C=O) groups excluding carboxylic acids is 1. The van der Waals surface area contributed by atoms with Gasteiger partial charge >= 0.3 is 0 Å². The first kappa shape index (κ1) is 22.3. The van der Waals surface area contributed by atoms with Crippen LogP contribution < -0.4 is 10.6 Å². The summed E-state index contributed by atoms with van der Waals surface area (Å²) in [5.74, 6) is 0.247. The number of nitrogens with zero attached hydrogens (tertiary/aromatic N) is 4. The first-order valence-electron chi connectivity index (χ1n) is 11.3. The molecule has 0 radical (unpaired) electrons. The van der Waals surface area contributed by atoms with E-state index in [0.29, 0.717) is 29.3 Å². The number of likely N-dealkylation sites (N-methyl/N-ethyl adjacent to an activating group) is 1. The van der Waals surface area contributed by atoms with Crippen LogP contribution in [0.4, 0.5) is 15.9 Å². The zero-order valence-electron chi connectivity index (χ0n) is 18.9. The van der Waals surface area contributed by atoms with Crippen LogP contribution in [-0.2, 0) is 4.79 Å². The van der Waals surface area contributed by atoms with Crippen LogP contribution in [0.25, 0.3) is 16.8 Å². The quantitative estimate of drug-likeness (QED) is 0.543. The van der Waals surface area contributed by atoms with Crippen molar-refractivity contribution in [2.45, 2.75) is 6.23 Å². The molecule has 34 heavy (non-hydrogen) atoms. The molecule has 1 unspecified atom stereocenters. The Balaban J connectivity index is 1.36. The van der Waals surface area contributed by atoms with E-state index in [1.54, 1.807) is 16.7 Å². The van der Waals surface area contributed by atoms with E-state index in [1.165, 1.54) is 18.5 Å². The van der Waals surface area contributed by atoms with Gasteiger partial charge in [-0.15, -0.1) is 0 Å². The Morgan fingerprint density at radius 1 is 1.18 bits per heavy atom. The van der Waals surface area contributed by atoms with Gasteiger partial charge in [0.2, 0.25) is 5.91 Å². The van der Waals surface area contributed by atoms with Gasteiger partial charge in [0, 0.05) is 49.3 Å². The minimum Gasteiger partial charge on any atom is -0.368 e. The van der Waals surface area contributed by atoms with Gasteiger partial charge in [-0.05, 0) is 42.9 Å². The minimum atomic E-state index is -1.04. The maximum absolute atomic E-state index is 13.9. The van der Waals surface area contributed by atoms with E-state index in [1.807, 2.05) is 30.5 Å². The first-order valence-corrected chi connectivity index (χ1v) is 11.3. The van der Waals surface area contributed by atoms with Crippen molar-refractivity contribution in [1.29, 1.82) is 0 Å². The molecule has 0 spiro atoms. The van der Waals surface area contributed by atoms with Gasteiger partial charge in [0.1, 0.15) is 11.6 Å². The second-order valence-electron chi connectivity index (χ2n) is 8.66. The molecule has 0 saturated carbocycles. The predicted octanol–water partition coefficient (Wildman–Crippen LogP) is 2.91. The number of hydrogen-bond donors (Lipinski definition) is 3. The molecular formula is C25H27FN6O2. The van der Waals surface area contributed by atoms with E-state index >= 15 is 0 Å². The summed E-state index contributed by atoms with van der Waals surface area (Å²) in [6, 6.07) is 13.7. The Kier molecular flexibility index (Phi) is 6.14. The van der Waals surface area contributed by atoms with Gasteiger partial charge < -0.3 is 25.2 Å². The lowest BCUT2D eigenvalue weighted by Gasteiger charge is -2.31. The van der Waals surface area contributed by atoms with Crippen LogP contribution in [0.5, 0.6) is 0 Å². The minimum absolute atomic E-state index is 0.0408. The number of piperazine rings is 1. The Morgan fingerprint density at radius 3 is 2.68 bits per heavy atom. The summed E-state index contributed by atoms with van der Waals surface area (Å²) < 4.78 is 15.7. The predicted molar refractivity (Wildman–Crippen MR) is 131 cm³/mol. The zero-order valence-corrected chi connectivity index (χ0v) is 18.9. The van der Waals surface area contributed by atoms with E-state index in [2.05, 4.69) is 32.5 Å². The number of aliphatic hydroxyl groups is 1. The SMILES string of the molecule is CN1CCN(CC(=O)Nc2ccc(-c3cn(-c4cccc(F)c4)c4c3C(O)N=CN4)cc2)CC1. The molecule has 8 nitrogen and oxygen atoms in total. The van der Waals surface area contributed by atoms with Gasteiger partial charge in [-0.25, -0.2) is 9.38 Å². The lowest BCUT2D eigenvalue weighted by atomic mass is 10.0. The van der Waals surface area contributed by atoms with Crippen LogP contribution in [0, 0.1) is 5.82 Å². The molecule has 3 heterocycles. The summed E-state index contributed by atoms with van der Waals surface area (Å²) in [4.78, 5) is 21.0. The molecular weight excluding hydrogens is 435 g/mol. The number of carbonyl (C=O) groups is 1. The lowest BCUT2D eigenvalue weighted by Crippen LogP contribution is -2.47. The third kappa shape index (κ3) is 4.58. The average Bonchev–Trinajstić information content (AvgIpc) is 3.22. The third-order valence-electron chi connectivity index (χ3n) is 6.25. The molecule has 1 fully saturated rings. The Labute approximate surface area is 197 Å². The summed E-state index contributed by atoms with van der Waals surface area (Å²) in [5, 5.41) is 16.6. The molecule has 2 aliphatic heterocycles. The van der Waals surface area contributed by atoms with Crippen molar-refractivity contribution >= 4 is 23.8 Å². The van der Waals surface area contributed by atoms with Gasteiger partial charge in [0.15, 0.2) is 6.23 Å². The van der Waals surface area contributed by atoms with Crippen LogP contribution in [0.15, 0.2) is 59.7 Å². The fourth-order valence-electron chi connectivity index (χ4n) is 4.38. The normalized spacial score (nSPS) is 18.4. The number of amides is 1. The molecule has 2 aliphatic rings. The summed E-state index contributed by atoms with van der Waals surface area (Å²) in [7, 11) is 2.09. The van der Waals surface area contributed by atoms with Crippen molar-refractivity contribution in [3.8, 4) is 16.8 Å². The van der Waals surface area contributed by atoms with Crippen molar-refractivity contribution in [2.24, 2.45) is 4.99 Å². The van der Waals surface area contributed by atoms with E-state index in [-0.39, 0.29) is 11.7 Å². The van der Waals surface area contributed by atoms with Crippen molar-refractivity contribution < 1.29 is 14.3 Å². The number of fused-ring (bicyclic) bond motifs is 1. The van der Waals surface area contributed by atoms with Crippen molar-refractivity contribution in [1.82, 2.24) is 14.4 Å². The molecule has 1 saturated heterocycles. The van der Waals surface area contributed by atoms with Gasteiger partial charge in [-0.2, -0.15) is 0 Å². The number of rotatable bonds is 5. The number of hydrogen-bond acceptors (Lipinski definition) is 6. The second-order valence-corrected chi connectivity index (χ2v) is 8.66. The molecule has 2 aromatic carbocycles. The molecule has 1 atom stereocenters. The largest absolute Gasteiger partial charge is 0.368 e. The number of aliphatic hydroxyl groups excluding tert-OH is 1. The van der Waals surface area contributed by atoms with E-state index in [0.717, 1.165) is 37.3 Å². The second kappa shape index (κ2) is 9.38. The van der Waals surface area contributed by atoms with Gasteiger partial charge in [0.05, 0.1) is 18.4 Å². The number of anilines is 2. The maximum Gasteiger partial charge on any atom is 0.238 e.